The van der Waals surface area contributed by atoms with E-state index in [1.54, 1.807) is 20.8 Å². The molecule has 16 heavy (non-hydrogen) atoms. The van der Waals surface area contributed by atoms with Crippen LogP contribution in [0.25, 0.3) is 0 Å². The molecule has 1 rings (SSSR count). The molecule has 0 aromatic carbocycles. The highest BCUT2D eigenvalue weighted by Gasteiger charge is 2.24. The zero-order valence-electron chi connectivity index (χ0n) is 9.40. The van der Waals surface area contributed by atoms with E-state index in [0.29, 0.717) is 5.69 Å². The monoisotopic (exact) mass is 243 g/mol. The fourth-order valence-corrected chi connectivity index (χ4v) is 1.16. The van der Waals surface area contributed by atoms with Crippen LogP contribution >= 0.6 is 11.6 Å². The van der Waals surface area contributed by atoms with Crippen LogP contribution in [0.5, 0.6) is 0 Å². The Balaban J connectivity index is 2.78. The van der Waals surface area contributed by atoms with E-state index < -0.39 is 17.6 Å². The molecule has 88 valence electrons. The normalized spacial score (nSPS) is 13.3. The van der Waals surface area contributed by atoms with Gasteiger partial charge >= 0.3 is 5.97 Å². The molecule has 1 atom stereocenters. The third kappa shape index (κ3) is 3.75. The summed E-state index contributed by atoms with van der Waals surface area (Å²) in [5, 5.41) is 0.240. The van der Waals surface area contributed by atoms with Gasteiger partial charge in [-0.25, -0.2) is 14.8 Å². The van der Waals surface area contributed by atoms with Gasteiger partial charge in [0.1, 0.15) is 23.1 Å². The molecule has 0 aliphatic rings. The van der Waals surface area contributed by atoms with Crippen LogP contribution in [0.1, 0.15) is 32.5 Å². The van der Waals surface area contributed by atoms with Crippen LogP contribution in [0.15, 0.2) is 12.4 Å². The summed E-state index contributed by atoms with van der Waals surface area (Å²) in [4.78, 5) is 19.2. The van der Waals surface area contributed by atoms with Gasteiger partial charge in [0.05, 0.1) is 5.69 Å². The second kappa shape index (κ2) is 4.76. The molecule has 0 aliphatic carbocycles. The minimum atomic E-state index is -0.945. The van der Waals surface area contributed by atoms with Crippen LogP contribution in [-0.2, 0) is 9.53 Å². The van der Waals surface area contributed by atoms with Crippen molar-refractivity contribution in [2.75, 3.05) is 0 Å². The fourth-order valence-electron chi connectivity index (χ4n) is 1.00. The van der Waals surface area contributed by atoms with Crippen LogP contribution in [0.4, 0.5) is 0 Å². The van der Waals surface area contributed by atoms with E-state index in [-0.39, 0.29) is 5.15 Å². The number of aromatic nitrogens is 2. The van der Waals surface area contributed by atoms with E-state index >= 15 is 0 Å². The van der Waals surface area contributed by atoms with Gasteiger partial charge in [-0.1, -0.05) is 11.6 Å². The number of nitrogens with zero attached hydrogens (tertiary/aromatic N) is 2. The van der Waals surface area contributed by atoms with Gasteiger partial charge in [-0.05, 0) is 26.8 Å². The number of hydrogen-bond donors (Lipinski definition) is 1. The topological polar surface area (TPSA) is 78.1 Å². The molecule has 2 N–H and O–H groups in total. The first kappa shape index (κ1) is 12.9. The molecule has 5 nitrogen and oxygen atoms in total. The summed E-state index contributed by atoms with van der Waals surface area (Å²) < 4.78 is 5.13. The Kier molecular flexibility index (Phi) is 3.83. The molecule has 0 amide bonds. The van der Waals surface area contributed by atoms with Crippen molar-refractivity contribution in [3.05, 3.63) is 23.2 Å². The predicted molar refractivity (Wildman–Crippen MR) is 59.8 cm³/mol. The standard InChI is InChI=1S/C10H14ClN3O2/c1-10(2,3)16-9(15)8(12)6-4-7(11)14-5-13-6/h4-5,8H,12H2,1-3H3. The van der Waals surface area contributed by atoms with Gasteiger partial charge in [-0.3, -0.25) is 0 Å². The lowest BCUT2D eigenvalue weighted by Gasteiger charge is -2.21. The van der Waals surface area contributed by atoms with E-state index in [2.05, 4.69) is 9.97 Å². The average molecular weight is 244 g/mol. The van der Waals surface area contributed by atoms with E-state index in [1.165, 1.54) is 12.4 Å². The van der Waals surface area contributed by atoms with Crippen molar-refractivity contribution in [3.8, 4) is 0 Å². The number of halogens is 1. The molecule has 1 unspecified atom stereocenters. The number of esters is 1. The minimum Gasteiger partial charge on any atom is -0.459 e. The van der Waals surface area contributed by atoms with Crippen LogP contribution in [0.3, 0.4) is 0 Å². The smallest absolute Gasteiger partial charge is 0.329 e. The molecule has 0 saturated heterocycles. The van der Waals surface area contributed by atoms with Crippen molar-refractivity contribution in [1.82, 2.24) is 9.97 Å². The maximum atomic E-state index is 11.6. The average Bonchev–Trinajstić information content (AvgIpc) is 2.14. The number of ether oxygens (including phenoxy) is 1. The van der Waals surface area contributed by atoms with E-state index in [4.69, 9.17) is 22.1 Å². The zero-order chi connectivity index (χ0) is 12.3. The SMILES string of the molecule is CC(C)(C)OC(=O)C(N)c1cc(Cl)ncn1. The molecule has 0 saturated carbocycles. The first-order valence-electron chi connectivity index (χ1n) is 4.75. The second-order valence-electron chi connectivity index (χ2n) is 4.28. The molecular formula is C10H14ClN3O2. The summed E-state index contributed by atoms with van der Waals surface area (Å²) in [6, 6.07) is 0.496. The van der Waals surface area contributed by atoms with Gasteiger partial charge in [-0.15, -0.1) is 0 Å². The quantitative estimate of drug-likeness (QED) is 0.629. The number of carbonyl (C=O) groups excluding carboxylic acids is 1. The summed E-state index contributed by atoms with van der Waals surface area (Å²) in [6.45, 7) is 5.31. The molecular weight excluding hydrogens is 230 g/mol. The number of rotatable bonds is 2. The lowest BCUT2D eigenvalue weighted by Crippen LogP contribution is -2.32. The second-order valence-corrected chi connectivity index (χ2v) is 4.66. The van der Waals surface area contributed by atoms with Gasteiger partial charge < -0.3 is 10.5 Å². The highest BCUT2D eigenvalue weighted by Crippen LogP contribution is 2.16. The maximum absolute atomic E-state index is 11.6. The Morgan fingerprint density at radius 2 is 2.12 bits per heavy atom. The van der Waals surface area contributed by atoms with Crippen molar-refractivity contribution >= 4 is 17.6 Å². The molecule has 1 aromatic rings. The lowest BCUT2D eigenvalue weighted by atomic mass is 10.1. The Hall–Kier alpha value is -1.20. The largest absolute Gasteiger partial charge is 0.459 e. The van der Waals surface area contributed by atoms with Crippen LogP contribution in [0.2, 0.25) is 5.15 Å². The molecule has 0 spiro atoms. The van der Waals surface area contributed by atoms with Crippen molar-refractivity contribution in [2.45, 2.75) is 32.4 Å². The summed E-state index contributed by atoms with van der Waals surface area (Å²) >= 11 is 5.67. The van der Waals surface area contributed by atoms with E-state index in [1.807, 2.05) is 0 Å². The fraction of sp³-hybridized carbons (Fsp3) is 0.500. The van der Waals surface area contributed by atoms with Crippen LogP contribution in [0, 0.1) is 0 Å². The lowest BCUT2D eigenvalue weighted by molar-refractivity contribution is -0.156. The Morgan fingerprint density at radius 3 is 2.62 bits per heavy atom. The maximum Gasteiger partial charge on any atom is 0.329 e. The van der Waals surface area contributed by atoms with Gasteiger partial charge in [0, 0.05) is 0 Å². The van der Waals surface area contributed by atoms with Crippen molar-refractivity contribution in [1.29, 1.82) is 0 Å². The Morgan fingerprint density at radius 1 is 1.50 bits per heavy atom. The molecule has 0 bridgehead atoms. The summed E-state index contributed by atoms with van der Waals surface area (Å²) in [7, 11) is 0. The van der Waals surface area contributed by atoms with Crippen LogP contribution < -0.4 is 5.73 Å². The van der Waals surface area contributed by atoms with Gasteiger partial charge in [0.2, 0.25) is 0 Å². The van der Waals surface area contributed by atoms with Gasteiger partial charge in [0.15, 0.2) is 0 Å². The van der Waals surface area contributed by atoms with Gasteiger partial charge in [0.25, 0.3) is 0 Å². The minimum absolute atomic E-state index is 0.240. The summed E-state index contributed by atoms with van der Waals surface area (Å²) in [5.41, 5.74) is 5.46. The Bertz CT molecular complexity index is 390. The van der Waals surface area contributed by atoms with Gasteiger partial charge in [-0.2, -0.15) is 0 Å². The van der Waals surface area contributed by atoms with E-state index in [0.717, 1.165) is 0 Å². The highest BCUT2D eigenvalue weighted by molar-refractivity contribution is 6.29. The van der Waals surface area contributed by atoms with E-state index in [9.17, 15) is 4.79 Å². The highest BCUT2D eigenvalue weighted by atomic mass is 35.5. The molecule has 6 heteroatoms. The van der Waals surface area contributed by atoms with Crippen LogP contribution in [-0.4, -0.2) is 21.5 Å². The van der Waals surface area contributed by atoms with Crippen molar-refractivity contribution < 1.29 is 9.53 Å². The molecule has 0 aliphatic heterocycles. The Labute approximate surface area is 99.0 Å². The first-order chi connectivity index (χ1) is 7.29. The third-order valence-electron chi connectivity index (χ3n) is 1.63. The third-order valence-corrected chi connectivity index (χ3v) is 1.84. The summed E-state index contributed by atoms with van der Waals surface area (Å²) in [6.07, 6.45) is 1.25. The number of carbonyl (C=O) groups is 1. The molecule has 1 heterocycles. The predicted octanol–water partition coefficient (Wildman–Crippen LogP) is 1.47. The zero-order valence-corrected chi connectivity index (χ0v) is 10.2. The first-order valence-corrected chi connectivity index (χ1v) is 5.13. The molecule has 1 aromatic heterocycles. The van der Waals surface area contributed by atoms with Crippen molar-refractivity contribution in [3.63, 3.8) is 0 Å². The molecule has 0 radical (unpaired) electrons. The van der Waals surface area contributed by atoms with Crippen molar-refractivity contribution in [2.24, 2.45) is 5.73 Å². The molecule has 0 fully saturated rings. The summed E-state index contributed by atoms with van der Waals surface area (Å²) in [5.74, 6) is -0.540. The number of hydrogen-bond acceptors (Lipinski definition) is 5. The number of nitrogens with two attached hydrogens (primary N) is 1.